The van der Waals surface area contributed by atoms with Crippen LogP contribution in [0.1, 0.15) is 19.3 Å². The largest absolute Gasteiger partial charge is 0.491 e. The molecule has 0 spiro atoms. The third-order valence-corrected chi connectivity index (χ3v) is 4.19. The number of pyridine rings is 1. The topological polar surface area (TPSA) is 34.1 Å². The third-order valence-electron chi connectivity index (χ3n) is 3.86. The minimum atomic E-state index is 0. The van der Waals surface area contributed by atoms with E-state index in [-0.39, 0.29) is 12.4 Å². The van der Waals surface area contributed by atoms with Crippen LogP contribution < -0.4 is 10.1 Å². The summed E-state index contributed by atoms with van der Waals surface area (Å²) in [5, 5.41) is 5.10. The number of piperidine rings is 1. The second-order valence-corrected chi connectivity index (χ2v) is 5.70. The van der Waals surface area contributed by atoms with Gasteiger partial charge in [-0.1, -0.05) is 11.6 Å². The number of nitrogens with one attached hydrogen (secondary N) is 1. The first-order chi connectivity index (χ1) is 9.84. The van der Waals surface area contributed by atoms with Crippen LogP contribution in [0.5, 0.6) is 5.75 Å². The maximum absolute atomic E-state index is 6.18. The van der Waals surface area contributed by atoms with Crippen LogP contribution in [0.2, 0.25) is 5.02 Å². The van der Waals surface area contributed by atoms with Gasteiger partial charge in [0.15, 0.2) is 0 Å². The van der Waals surface area contributed by atoms with E-state index in [0.29, 0.717) is 0 Å². The Morgan fingerprint density at radius 1 is 1.33 bits per heavy atom. The van der Waals surface area contributed by atoms with Gasteiger partial charge in [-0.3, -0.25) is 4.98 Å². The molecule has 1 N–H and O–H groups in total. The summed E-state index contributed by atoms with van der Waals surface area (Å²) >= 11 is 6.18. The van der Waals surface area contributed by atoms with Gasteiger partial charge in [-0.05, 0) is 62.5 Å². The van der Waals surface area contributed by atoms with Crippen molar-refractivity contribution >= 4 is 34.9 Å². The summed E-state index contributed by atoms with van der Waals surface area (Å²) in [6.45, 7) is 3.01. The third kappa shape index (κ3) is 4.00. The van der Waals surface area contributed by atoms with Gasteiger partial charge in [0.1, 0.15) is 11.3 Å². The zero-order valence-corrected chi connectivity index (χ0v) is 13.4. The highest BCUT2D eigenvalue weighted by molar-refractivity contribution is 6.35. The van der Waals surface area contributed by atoms with Crippen molar-refractivity contribution in [3.8, 4) is 5.75 Å². The molecular formula is C16H20Cl2N2O. The number of nitrogens with zero attached hydrogens (tertiary/aromatic N) is 1. The molecule has 1 aromatic carbocycles. The molecule has 0 bridgehead atoms. The Morgan fingerprint density at radius 3 is 3.05 bits per heavy atom. The van der Waals surface area contributed by atoms with Crippen LogP contribution in [0.3, 0.4) is 0 Å². The van der Waals surface area contributed by atoms with Crippen LogP contribution in [0.15, 0.2) is 30.5 Å². The summed E-state index contributed by atoms with van der Waals surface area (Å²) in [6, 6.07) is 7.66. The first kappa shape index (κ1) is 16.3. The van der Waals surface area contributed by atoms with Gasteiger partial charge in [0.25, 0.3) is 0 Å². The highest BCUT2D eigenvalue weighted by Crippen LogP contribution is 2.29. The smallest absolute Gasteiger partial charge is 0.145 e. The number of aromatic nitrogens is 1. The van der Waals surface area contributed by atoms with Crippen LogP contribution >= 0.6 is 24.0 Å². The number of hydrogen-bond donors (Lipinski definition) is 1. The average Bonchev–Trinajstić information content (AvgIpc) is 2.51. The number of benzene rings is 1. The molecule has 3 nitrogen and oxygen atoms in total. The summed E-state index contributed by atoms with van der Waals surface area (Å²) in [5.41, 5.74) is 0.849. The normalized spacial score (nSPS) is 18.2. The van der Waals surface area contributed by atoms with E-state index in [1.54, 1.807) is 6.20 Å². The van der Waals surface area contributed by atoms with Crippen molar-refractivity contribution in [2.45, 2.75) is 19.3 Å². The van der Waals surface area contributed by atoms with Crippen molar-refractivity contribution in [2.75, 3.05) is 19.7 Å². The lowest BCUT2D eigenvalue weighted by Crippen LogP contribution is -2.30. The molecule has 1 fully saturated rings. The molecule has 0 saturated carbocycles. The Balaban J connectivity index is 0.00000161. The molecule has 1 aliphatic heterocycles. The summed E-state index contributed by atoms with van der Waals surface area (Å²) in [4.78, 5) is 4.39. The summed E-state index contributed by atoms with van der Waals surface area (Å²) in [5.74, 6) is 1.56. The Bertz CT molecular complexity index is 585. The van der Waals surface area contributed by atoms with E-state index in [1.165, 1.54) is 12.8 Å². The Morgan fingerprint density at radius 2 is 2.24 bits per heavy atom. The standard InChI is InChI=1S/C16H19ClN2O.ClH/c17-14-5-6-15(16-13(14)4-2-9-19-16)20-10-7-12-3-1-8-18-11-12;/h2,4-6,9,12,18H,1,3,7-8,10-11H2;1H. The lowest BCUT2D eigenvalue weighted by Gasteiger charge is -2.22. The number of hydrogen-bond acceptors (Lipinski definition) is 3. The molecule has 1 aliphatic rings. The zero-order chi connectivity index (χ0) is 13.8. The summed E-state index contributed by atoms with van der Waals surface area (Å²) in [7, 11) is 0. The molecule has 1 unspecified atom stereocenters. The van der Waals surface area contributed by atoms with E-state index >= 15 is 0 Å². The Hall–Kier alpha value is -1.03. The Kier molecular flexibility index (Phi) is 6.09. The van der Waals surface area contributed by atoms with Crippen LogP contribution in [0.25, 0.3) is 10.9 Å². The number of fused-ring (bicyclic) bond motifs is 1. The van der Waals surface area contributed by atoms with Gasteiger partial charge in [-0.25, -0.2) is 0 Å². The zero-order valence-electron chi connectivity index (χ0n) is 11.8. The van der Waals surface area contributed by atoms with Crippen molar-refractivity contribution in [3.05, 3.63) is 35.5 Å². The van der Waals surface area contributed by atoms with Crippen molar-refractivity contribution in [3.63, 3.8) is 0 Å². The average molecular weight is 327 g/mol. The van der Waals surface area contributed by atoms with Crippen LogP contribution in [-0.2, 0) is 0 Å². The van der Waals surface area contributed by atoms with E-state index < -0.39 is 0 Å². The molecule has 5 heteroatoms. The molecule has 0 radical (unpaired) electrons. The monoisotopic (exact) mass is 326 g/mol. The summed E-state index contributed by atoms with van der Waals surface area (Å²) in [6.07, 6.45) is 5.44. The second-order valence-electron chi connectivity index (χ2n) is 5.29. The molecular weight excluding hydrogens is 307 g/mol. The fourth-order valence-corrected chi connectivity index (χ4v) is 2.95. The van der Waals surface area contributed by atoms with Crippen LogP contribution in [0.4, 0.5) is 0 Å². The molecule has 1 saturated heterocycles. The first-order valence-electron chi connectivity index (χ1n) is 7.21. The SMILES string of the molecule is Cl.Clc1ccc(OCCC2CCCNC2)c2ncccc12. The van der Waals surface area contributed by atoms with Crippen molar-refractivity contribution in [1.29, 1.82) is 0 Å². The van der Waals surface area contributed by atoms with Crippen molar-refractivity contribution in [1.82, 2.24) is 10.3 Å². The van der Waals surface area contributed by atoms with Gasteiger partial charge < -0.3 is 10.1 Å². The molecule has 1 atom stereocenters. The van der Waals surface area contributed by atoms with Gasteiger partial charge in [0.2, 0.25) is 0 Å². The lowest BCUT2D eigenvalue weighted by molar-refractivity contribution is 0.256. The molecule has 0 aliphatic carbocycles. The second kappa shape index (κ2) is 7.83. The lowest BCUT2D eigenvalue weighted by atomic mass is 9.97. The van der Waals surface area contributed by atoms with Crippen LogP contribution in [-0.4, -0.2) is 24.7 Å². The van der Waals surface area contributed by atoms with Gasteiger partial charge in [-0.15, -0.1) is 12.4 Å². The van der Waals surface area contributed by atoms with E-state index in [9.17, 15) is 0 Å². The molecule has 2 heterocycles. The number of rotatable bonds is 4. The van der Waals surface area contributed by atoms with Crippen LogP contribution in [0, 0.1) is 5.92 Å². The van der Waals surface area contributed by atoms with Gasteiger partial charge >= 0.3 is 0 Å². The highest BCUT2D eigenvalue weighted by atomic mass is 35.5. The molecule has 0 amide bonds. The molecule has 3 rings (SSSR count). The van der Waals surface area contributed by atoms with Gasteiger partial charge in [-0.2, -0.15) is 0 Å². The van der Waals surface area contributed by atoms with Gasteiger partial charge in [0, 0.05) is 11.6 Å². The first-order valence-corrected chi connectivity index (χ1v) is 7.59. The fraction of sp³-hybridized carbons (Fsp3) is 0.438. The van der Waals surface area contributed by atoms with E-state index in [4.69, 9.17) is 16.3 Å². The molecule has 2 aromatic rings. The maximum Gasteiger partial charge on any atom is 0.145 e. The number of ether oxygens (including phenoxy) is 1. The Labute approximate surface area is 136 Å². The van der Waals surface area contributed by atoms with E-state index in [0.717, 1.165) is 53.7 Å². The number of halogens is 2. The van der Waals surface area contributed by atoms with E-state index in [1.807, 2.05) is 24.3 Å². The maximum atomic E-state index is 6.18. The highest BCUT2D eigenvalue weighted by Gasteiger charge is 2.13. The van der Waals surface area contributed by atoms with Gasteiger partial charge in [0.05, 0.1) is 11.6 Å². The minimum absolute atomic E-state index is 0. The fourth-order valence-electron chi connectivity index (χ4n) is 2.73. The van der Waals surface area contributed by atoms with E-state index in [2.05, 4.69) is 10.3 Å². The van der Waals surface area contributed by atoms with Crippen molar-refractivity contribution in [2.24, 2.45) is 5.92 Å². The summed E-state index contributed by atoms with van der Waals surface area (Å²) < 4.78 is 5.93. The predicted molar refractivity (Wildman–Crippen MR) is 89.7 cm³/mol. The molecule has 1 aromatic heterocycles. The minimum Gasteiger partial charge on any atom is -0.491 e. The predicted octanol–water partition coefficient (Wildman–Crippen LogP) is 4.08. The molecule has 114 valence electrons. The quantitative estimate of drug-likeness (QED) is 0.919. The molecule has 21 heavy (non-hydrogen) atoms. The van der Waals surface area contributed by atoms with Crippen molar-refractivity contribution < 1.29 is 4.74 Å².